The number of fused-ring (bicyclic) bond motifs is 1. The Morgan fingerprint density at radius 1 is 0.938 bits per heavy atom. The van der Waals surface area contributed by atoms with E-state index in [9.17, 15) is 13.6 Å². The average Bonchev–Trinajstić information content (AvgIpc) is 2.82. The molecule has 0 spiro atoms. The molecule has 1 aliphatic heterocycles. The summed E-state index contributed by atoms with van der Waals surface area (Å²) in [7, 11) is 3.13. The molecule has 0 N–H and O–H groups in total. The van der Waals surface area contributed by atoms with Crippen LogP contribution in [0.4, 0.5) is 8.78 Å². The number of carbonyl (C=O) groups is 1. The fourth-order valence-electron chi connectivity index (χ4n) is 3.92. The van der Waals surface area contributed by atoms with Crippen molar-refractivity contribution in [3.63, 3.8) is 0 Å². The maximum atomic E-state index is 13.4. The second kappa shape index (κ2) is 9.26. The van der Waals surface area contributed by atoms with Crippen LogP contribution in [0.5, 0.6) is 17.2 Å². The van der Waals surface area contributed by atoms with E-state index >= 15 is 0 Å². The topological polar surface area (TPSA) is 48.0 Å². The van der Waals surface area contributed by atoms with Crippen LogP contribution in [0.25, 0.3) is 0 Å². The van der Waals surface area contributed by atoms with Gasteiger partial charge in [-0.05, 0) is 78.2 Å². The number of rotatable bonds is 6. The van der Waals surface area contributed by atoms with E-state index in [1.807, 2.05) is 12.1 Å². The third-order valence-electron chi connectivity index (χ3n) is 5.58. The van der Waals surface area contributed by atoms with Gasteiger partial charge in [0.05, 0.1) is 20.3 Å². The summed E-state index contributed by atoms with van der Waals surface area (Å²) in [5, 5.41) is 0. The number of amides is 1. The maximum Gasteiger partial charge on any atom is 0.254 e. The lowest BCUT2D eigenvalue weighted by molar-refractivity contribution is 0.0589. The normalized spacial score (nSPS) is 15.1. The smallest absolute Gasteiger partial charge is 0.254 e. The minimum absolute atomic E-state index is 0.154. The van der Waals surface area contributed by atoms with Gasteiger partial charge in [0.2, 0.25) is 0 Å². The molecule has 0 fully saturated rings. The summed E-state index contributed by atoms with van der Waals surface area (Å²) in [6.07, 6.45) is 0.621. The van der Waals surface area contributed by atoms with E-state index in [1.165, 1.54) is 36.4 Å². The Hall–Kier alpha value is -3.61. The van der Waals surface area contributed by atoms with E-state index in [-0.39, 0.29) is 18.3 Å². The molecule has 0 bridgehead atoms. The highest BCUT2D eigenvalue weighted by Gasteiger charge is 2.33. The number of nitrogens with zero attached hydrogens (tertiary/aromatic N) is 1. The first-order valence-corrected chi connectivity index (χ1v) is 10.2. The first-order chi connectivity index (χ1) is 15.5. The van der Waals surface area contributed by atoms with Crippen LogP contribution in [0.3, 0.4) is 0 Å². The molecule has 32 heavy (non-hydrogen) atoms. The van der Waals surface area contributed by atoms with Gasteiger partial charge in [-0.2, -0.15) is 0 Å². The molecule has 1 atom stereocenters. The number of hydrogen-bond acceptors (Lipinski definition) is 4. The van der Waals surface area contributed by atoms with E-state index in [0.29, 0.717) is 35.8 Å². The maximum absolute atomic E-state index is 13.4. The van der Waals surface area contributed by atoms with Gasteiger partial charge in [-0.25, -0.2) is 8.78 Å². The Balaban J connectivity index is 1.69. The summed E-state index contributed by atoms with van der Waals surface area (Å²) in [5.41, 5.74) is 2.30. The predicted molar refractivity (Wildman–Crippen MR) is 115 cm³/mol. The van der Waals surface area contributed by atoms with Crippen molar-refractivity contribution in [2.75, 3.05) is 27.4 Å². The van der Waals surface area contributed by atoms with Gasteiger partial charge in [-0.1, -0.05) is 0 Å². The van der Waals surface area contributed by atoms with E-state index in [1.54, 1.807) is 31.3 Å². The van der Waals surface area contributed by atoms with Crippen LogP contribution < -0.4 is 14.2 Å². The van der Waals surface area contributed by atoms with Gasteiger partial charge in [0, 0.05) is 12.1 Å². The Labute approximate surface area is 185 Å². The fourth-order valence-corrected chi connectivity index (χ4v) is 3.92. The van der Waals surface area contributed by atoms with Gasteiger partial charge < -0.3 is 19.1 Å². The first kappa shape index (κ1) is 21.6. The molecular formula is C25H23F2NO4. The molecule has 0 saturated carbocycles. The predicted octanol–water partition coefficient (Wildman–Crippen LogP) is 4.80. The van der Waals surface area contributed by atoms with Gasteiger partial charge in [-0.15, -0.1) is 0 Å². The van der Waals surface area contributed by atoms with E-state index in [2.05, 4.69) is 0 Å². The van der Waals surface area contributed by atoms with Crippen molar-refractivity contribution in [3.8, 4) is 17.2 Å². The highest BCUT2D eigenvalue weighted by atomic mass is 19.1. The Bertz CT molecular complexity index is 1100. The number of hydrogen-bond donors (Lipinski definition) is 0. The molecule has 1 aliphatic rings. The minimum atomic E-state index is -0.429. The standard InChI is InChI=1S/C25H23F2NO4/c1-30-23-13-17-11-12-28(25(29)16-3-5-18(26)6-4-16)22(21(17)14-24(23)31-2)15-32-20-9-7-19(27)8-10-20/h3-10,13-14,22H,11-12,15H2,1-2H3/t22-/m0/s1. The summed E-state index contributed by atoms with van der Waals surface area (Å²) in [5.74, 6) is 0.673. The van der Waals surface area contributed by atoms with Gasteiger partial charge in [0.15, 0.2) is 11.5 Å². The summed E-state index contributed by atoms with van der Waals surface area (Å²) < 4.78 is 43.4. The SMILES string of the molecule is COc1cc2c(cc1OC)[C@H](COc1ccc(F)cc1)N(C(=O)c1ccc(F)cc1)CC2. The van der Waals surface area contributed by atoms with Gasteiger partial charge in [0.25, 0.3) is 5.91 Å². The van der Waals surface area contributed by atoms with E-state index in [0.717, 1.165) is 11.1 Å². The molecule has 0 aromatic heterocycles. The monoisotopic (exact) mass is 439 g/mol. The van der Waals surface area contributed by atoms with Gasteiger partial charge >= 0.3 is 0 Å². The third kappa shape index (κ3) is 4.37. The molecule has 0 unspecified atom stereocenters. The van der Waals surface area contributed by atoms with Crippen LogP contribution in [0, 0.1) is 11.6 Å². The van der Waals surface area contributed by atoms with Crippen molar-refractivity contribution in [1.29, 1.82) is 0 Å². The molecular weight excluding hydrogens is 416 g/mol. The van der Waals surface area contributed by atoms with E-state index in [4.69, 9.17) is 14.2 Å². The summed E-state index contributed by atoms with van der Waals surface area (Å²) in [4.78, 5) is 15.0. The average molecular weight is 439 g/mol. The molecule has 0 saturated heterocycles. The zero-order valence-corrected chi connectivity index (χ0v) is 17.8. The lowest BCUT2D eigenvalue weighted by Gasteiger charge is -2.37. The van der Waals surface area contributed by atoms with Crippen molar-refractivity contribution in [3.05, 3.63) is 89.0 Å². The van der Waals surface area contributed by atoms with Crippen molar-refractivity contribution in [2.45, 2.75) is 12.5 Å². The van der Waals surface area contributed by atoms with Crippen LogP contribution >= 0.6 is 0 Å². The highest BCUT2D eigenvalue weighted by molar-refractivity contribution is 5.94. The molecule has 3 aromatic carbocycles. The molecule has 5 nitrogen and oxygen atoms in total. The van der Waals surface area contributed by atoms with Crippen LogP contribution in [0.2, 0.25) is 0 Å². The fraction of sp³-hybridized carbons (Fsp3) is 0.240. The van der Waals surface area contributed by atoms with Crippen molar-refractivity contribution in [1.82, 2.24) is 4.90 Å². The Morgan fingerprint density at radius 3 is 2.16 bits per heavy atom. The zero-order chi connectivity index (χ0) is 22.7. The minimum Gasteiger partial charge on any atom is -0.493 e. The van der Waals surface area contributed by atoms with Gasteiger partial charge in [-0.3, -0.25) is 4.79 Å². The van der Waals surface area contributed by atoms with Crippen LogP contribution in [-0.2, 0) is 6.42 Å². The lowest BCUT2D eigenvalue weighted by atomic mass is 9.91. The van der Waals surface area contributed by atoms with Crippen molar-refractivity contribution in [2.24, 2.45) is 0 Å². The Morgan fingerprint density at radius 2 is 1.53 bits per heavy atom. The van der Waals surface area contributed by atoms with Crippen molar-refractivity contribution >= 4 is 5.91 Å². The molecule has 166 valence electrons. The molecule has 1 amide bonds. The molecule has 4 rings (SSSR count). The zero-order valence-electron chi connectivity index (χ0n) is 17.8. The summed E-state index contributed by atoms with van der Waals surface area (Å²) >= 11 is 0. The largest absolute Gasteiger partial charge is 0.493 e. The molecule has 1 heterocycles. The lowest BCUT2D eigenvalue weighted by Crippen LogP contribution is -2.42. The molecule has 7 heteroatoms. The molecule has 0 aliphatic carbocycles. The molecule has 0 radical (unpaired) electrons. The van der Waals surface area contributed by atoms with Crippen LogP contribution in [-0.4, -0.2) is 38.2 Å². The van der Waals surface area contributed by atoms with Gasteiger partial charge in [0.1, 0.15) is 24.0 Å². The highest BCUT2D eigenvalue weighted by Crippen LogP contribution is 2.39. The number of carbonyl (C=O) groups excluding carboxylic acids is 1. The summed E-state index contributed by atoms with van der Waals surface area (Å²) in [6.45, 7) is 0.608. The number of methoxy groups -OCH3 is 2. The number of benzene rings is 3. The summed E-state index contributed by atoms with van der Waals surface area (Å²) in [6, 6.07) is 14.5. The van der Waals surface area contributed by atoms with E-state index < -0.39 is 11.9 Å². The quantitative estimate of drug-likeness (QED) is 0.554. The number of halogens is 2. The second-order valence-corrected chi connectivity index (χ2v) is 7.44. The van der Waals surface area contributed by atoms with Crippen LogP contribution in [0.1, 0.15) is 27.5 Å². The van der Waals surface area contributed by atoms with Crippen molar-refractivity contribution < 1.29 is 27.8 Å². The number of ether oxygens (including phenoxy) is 3. The Kier molecular flexibility index (Phi) is 6.25. The third-order valence-corrected chi connectivity index (χ3v) is 5.58. The second-order valence-electron chi connectivity index (χ2n) is 7.44. The first-order valence-electron chi connectivity index (χ1n) is 10.2. The van der Waals surface area contributed by atoms with Crippen LogP contribution in [0.15, 0.2) is 60.7 Å². The molecule has 3 aromatic rings.